The van der Waals surface area contributed by atoms with E-state index in [0.717, 1.165) is 22.2 Å². The molecule has 0 saturated heterocycles. The number of ether oxygens (including phenoxy) is 2. The van der Waals surface area contributed by atoms with Crippen LogP contribution in [0, 0.1) is 6.92 Å². The molecule has 2 aromatic carbocycles. The Hall–Kier alpha value is -2.88. The molecule has 4 heteroatoms. The van der Waals surface area contributed by atoms with Crippen LogP contribution in [0.5, 0.6) is 5.75 Å². The maximum Gasteiger partial charge on any atom is 0.309 e. The number of fused-ring (bicyclic) bond motifs is 1. The summed E-state index contributed by atoms with van der Waals surface area (Å²) in [4.78, 5) is 16.4. The van der Waals surface area contributed by atoms with Gasteiger partial charge < -0.3 is 9.47 Å². The lowest BCUT2D eigenvalue weighted by Gasteiger charge is -2.14. The molecule has 1 unspecified atom stereocenters. The van der Waals surface area contributed by atoms with Gasteiger partial charge in [0.05, 0.1) is 18.5 Å². The predicted molar refractivity (Wildman–Crippen MR) is 97.5 cm³/mol. The highest BCUT2D eigenvalue weighted by molar-refractivity contribution is 5.79. The number of aryl methyl sites for hydroxylation is 1. The molecule has 0 fully saturated rings. The fraction of sp³-hybridized carbons (Fsp3) is 0.238. The van der Waals surface area contributed by atoms with Crippen molar-refractivity contribution in [2.24, 2.45) is 0 Å². The van der Waals surface area contributed by atoms with Crippen LogP contribution in [0.1, 0.15) is 30.6 Å². The predicted octanol–water partition coefficient (Wildman–Crippen LogP) is 4.62. The zero-order chi connectivity index (χ0) is 17.6. The quantitative estimate of drug-likeness (QED) is 0.617. The first-order valence-corrected chi connectivity index (χ1v) is 8.35. The van der Waals surface area contributed by atoms with Crippen molar-refractivity contribution >= 4 is 16.9 Å². The van der Waals surface area contributed by atoms with Crippen molar-refractivity contribution in [1.29, 1.82) is 0 Å². The first-order chi connectivity index (χ1) is 12.1. The van der Waals surface area contributed by atoms with Crippen molar-refractivity contribution in [3.05, 3.63) is 71.9 Å². The van der Waals surface area contributed by atoms with Crippen LogP contribution in [0.4, 0.5) is 0 Å². The lowest BCUT2D eigenvalue weighted by Crippen LogP contribution is -2.12. The molecule has 1 heterocycles. The summed E-state index contributed by atoms with van der Waals surface area (Å²) >= 11 is 0. The summed E-state index contributed by atoms with van der Waals surface area (Å²) in [6.07, 6.45) is 1.62. The minimum absolute atomic E-state index is 0.208. The molecule has 1 atom stereocenters. The fourth-order valence-corrected chi connectivity index (χ4v) is 2.52. The molecule has 0 aliphatic rings. The second-order valence-corrected chi connectivity index (χ2v) is 6.00. The van der Waals surface area contributed by atoms with Gasteiger partial charge in [0.15, 0.2) is 0 Å². The molecular formula is C21H21NO3. The molecule has 0 amide bonds. The van der Waals surface area contributed by atoms with Gasteiger partial charge in [-0.05, 0) is 38.1 Å². The summed E-state index contributed by atoms with van der Waals surface area (Å²) in [5.41, 5.74) is 2.98. The molecule has 4 nitrogen and oxygen atoms in total. The van der Waals surface area contributed by atoms with Gasteiger partial charge in [-0.25, -0.2) is 0 Å². The van der Waals surface area contributed by atoms with Gasteiger partial charge in [-0.15, -0.1) is 0 Å². The highest BCUT2D eigenvalue weighted by atomic mass is 16.5. The number of carbonyl (C=O) groups excluding carboxylic acids is 1. The number of esters is 1. The van der Waals surface area contributed by atoms with Crippen molar-refractivity contribution in [2.45, 2.75) is 26.4 Å². The molecule has 3 rings (SSSR count). The Balaban J connectivity index is 1.51. The Kier molecular flexibility index (Phi) is 5.29. The summed E-state index contributed by atoms with van der Waals surface area (Å²) in [7, 11) is 0. The van der Waals surface area contributed by atoms with E-state index in [4.69, 9.17) is 9.47 Å². The van der Waals surface area contributed by atoms with Crippen LogP contribution >= 0.6 is 0 Å². The van der Waals surface area contributed by atoms with E-state index >= 15 is 0 Å². The zero-order valence-electron chi connectivity index (χ0n) is 14.4. The van der Waals surface area contributed by atoms with Gasteiger partial charge in [-0.1, -0.05) is 35.9 Å². The van der Waals surface area contributed by atoms with E-state index in [1.165, 1.54) is 5.56 Å². The number of aromatic nitrogens is 1. The summed E-state index contributed by atoms with van der Waals surface area (Å²) in [5, 5.41) is 1.03. The summed E-state index contributed by atoms with van der Waals surface area (Å²) in [6.45, 7) is 4.17. The Labute approximate surface area is 147 Å². The third-order valence-electron chi connectivity index (χ3n) is 3.99. The number of hydrogen-bond acceptors (Lipinski definition) is 4. The van der Waals surface area contributed by atoms with Crippen LogP contribution in [-0.2, 0) is 9.53 Å². The lowest BCUT2D eigenvalue weighted by atomic mass is 10.1. The van der Waals surface area contributed by atoms with Crippen molar-refractivity contribution < 1.29 is 14.3 Å². The average Bonchev–Trinajstić information content (AvgIpc) is 2.63. The second-order valence-electron chi connectivity index (χ2n) is 6.00. The van der Waals surface area contributed by atoms with Crippen molar-refractivity contribution in [3.8, 4) is 5.75 Å². The van der Waals surface area contributed by atoms with E-state index in [1.54, 1.807) is 6.20 Å². The van der Waals surface area contributed by atoms with Gasteiger partial charge in [0.1, 0.15) is 11.9 Å². The molecule has 0 N–H and O–H groups in total. The van der Waals surface area contributed by atoms with Gasteiger partial charge in [-0.2, -0.15) is 0 Å². The average molecular weight is 335 g/mol. The van der Waals surface area contributed by atoms with Crippen molar-refractivity contribution in [3.63, 3.8) is 0 Å². The second kappa shape index (κ2) is 7.79. The minimum atomic E-state index is -0.344. The molecule has 3 aromatic rings. The zero-order valence-corrected chi connectivity index (χ0v) is 14.4. The monoisotopic (exact) mass is 335 g/mol. The topological polar surface area (TPSA) is 48.4 Å². The number of para-hydroxylation sites is 1. The largest absolute Gasteiger partial charge is 0.493 e. The molecule has 1 aromatic heterocycles. The number of pyridine rings is 1. The van der Waals surface area contributed by atoms with Gasteiger partial charge in [0.25, 0.3) is 0 Å². The fourth-order valence-electron chi connectivity index (χ4n) is 2.52. The molecule has 0 saturated carbocycles. The minimum Gasteiger partial charge on any atom is -0.493 e. The van der Waals surface area contributed by atoms with Crippen molar-refractivity contribution in [2.75, 3.05) is 6.61 Å². The van der Waals surface area contributed by atoms with E-state index in [2.05, 4.69) is 4.98 Å². The van der Waals surface area contributed by atoms with Crippen molar-refractivity contribution in [1.82, 2.24) is 4.98 Å². The molecule has 0 radical (unpaired) electrons. The SMILES string of the molecule is Cc1ccc(OCCC(=O)OC(C)c2cnc3ccccc3c2)cc1. The third-order valence-corrected chi connectivity index (χ3v) is 3.99. The van der Waals surface area contributed by atoms with E-state index in [0.29, 0.717) is 6.61 Å². The standard InChI is InChI=1S/C21H21NO3/c1-15-7-9-19(10-8-15)24-12-11-21(23)25-16(2)18-13-17-5-3-4-6-20(17)22-14-18/h3-10,13-14,16H,11-12H2,1-2H3. The third kappa shape index (κ3) is 4.57. The van der Waals surface area contributed by atoms with Crippen LogP contribution in [0.15, 0.2) is 60.8 Å². The highest BCUT2D eigenvalue weighted by Gasteiger charge is 2.13. The van der Waals surface area contributed by atoms with Gasteiger partial charge in [-0.3, -0.25) is 9.78 Å². The maximum atomic E-state index is 12.0. The van der Waals surface area contributed by atoms with Crippen LogP contribution in [0.25, 0.3) is 10.9 Å². The molecule has 0 bridgehead atoms. The lowest BCUT2D eigenvalue weighted by molar-refractivity contribution is -0.149. The summed E-state index contributed by atoms with van der Waals surface area (Å²) in [6, 6.07) is 17.6. The maximum absolute atomic E-state index is 12.0. The van der Waals surface area contributed by atoms with Crippen LogP contribution in [0.2, 0.25) is 0 Å². The van der Waals surface area contributed by atoms with Crippen LogP contribution in [-0.4, -0.2) is 17.6 Å². The Morgan fingerprint density at radius 2 is 1.88 bits per heavy atom. The number of hydrogen-bond donors (Lipinski definition) is 0. The first-order valence-electron chi connectivity index (χ1n) is 8.35. The molecule has 0 aliphatic carbocycles. The number of rotatable bonds is 6. The summed E-state index contributed by atoms with van der Waals surface area (Å²) < 4.78 is 11.0. The van der Waals surface area contributed by atoms with E-state index in [1.807, 2.05) is 68.4 Å². The summed E-state index contributed by atoms with van der Waals surface area (Å²) in [5.74, 6) is 0.470. The van der Waals surface area contributed by atoms with Gasteiger partial charge in [0.2, 0.25) is 0 Å². The molecule has 25 heavy (non-hydrogen) atoms. The number of benzene rings is 2. The normalized spacial score (nSPS) is 11.9. The number of carbonyl (C=O) groups is 1. The molecule has 128 valence electrons. The van der Waals surface area contributed by atoms with Gasteiger partial charge >= 0.3 is 5.97 Å². The van der Waals surface area contributed by atoms with Gasteiger partial charge in [0, 0.05) is 17.1 Å². The molecular weight excluding hydrogens is 314 g/mol. The number of nitrogens with zero attached hydrogens (tertiary/aromatic N) is 1. The molecule has 0 aliphatic heterocycles. The Bertz CT molecular complexity index is 858. The van der Waals surface area contributed by atoms with E-state index < -0.39 is 0 Å². The van der Waals surface area contributed by atoms with Crippen LogP contribution < -0.4 is 4.74 Å². The highest BCUT2D eigenvalue weighted by Crippen LogP contribution is 2.21. The Morgan fingerprint density at radius 3 is 2.68 bits per heavy atom. The molecule has 0 spiro atoms. The first kappa shape index (κ1) is 17.0. The smallest absolute Gasteiger partial charge is 0.309 e. The van der Waals surface area contributed by atoms with E-state index in [9.17, 15) is 4.79 Å². The Morgan fingerprint density at radius 1 is 1.12 bits per heavy atom. The van der Waals surface area contributed by atoms with Crippen LogP contribution in [0.3, 0.4) is 0 Å². The van der Waals surface area contributed by atoms with E-state index in [-0.39, 0.29) is 18.5 Å².